The van der Waals surface area contributed by atoms with E-state index in [1.54, 1.807) is 11.3 Å². The molecule has 4 rings (SSSR count). The molecule has 2 aromatic heterocycles. The van der Waals surface area contributed by atoms with Crippen LogP contribution in [0.1, 0.15) is 11.3 Å². The Kier molecular flexibility index (Phi) is 3.54. The summed E-state index contributed by atoms with van der Waals surface area (Å²) in [6.45, 7) is 3.99. The first-order valence-electron chi connectivity index (χ1n) is 7.56. The second kappa shape index (κ2) is 5.72. The molecule has 1 N–H and O–H groups in total. The van der Waals surface area contributed by atoms with Gasteiger partial charge in [0.05, 0.1) is 11.4 Å². The lowest BCUT2D eigenvalue weighted by molar-refractivity contribution is -0.118. The van der Waals surface area contributed by atoms with Crippen molar-refractivity contribution in [1.82, 2.24) is 9.97 Å². The fourth-order valence-electron chi connectivity index (χ4n) is 2.66. The molecule has 120 valence electrons. The van der Waals surface area contributed by atoms with E-state index in [0.29, 0.717) is 5.69 Å². The fraction of sp³-hybridized carbons (Fsp3) is 0.167. The van der Waals surface area contributed by atoms with Crippen molar-refractivity contribution < 1.29 is 9.53 Å². The lowest BCUT2D eigenvalue weighted by atomic mass is 10.1. The number of benzene rings is 1. The van der Waals surface area contributed by atoms with Crippen molar-refractivity contribution in [3.8, 4) is 27.6 Å². The molecule has 0 spiro atoms. The molecular weight excluding hydrogens is 322 g/mol. The maximum absolute atomic E-state index is 11.5. The molecular formula is C18H15N3O2S. The molecule has 0 unspecified atom stereocenters. The predicted molar refractivity (Wildman–Crippen MR) is 94.4 cm³/mol. The number of nitrogens with one attached hydrogen (secondary N) is 1. The summed E-state index contributed by atoms with van der Waals surface area (Å²) in [4.78, 5) is 20.6. The monoisotopic (exact) mass is 337 g/mol. The molecule has 0 saturated carbocycles. The molecule has 0 aliphatic carbocycles. The highest BCUT2D eigenvalue weighted by Gasteiger charge is 2.19. The van der Waals surface area contributed by atoms with Crippen LogP contribution < -0.4 is 10.1 Å². The van der Waals surface area contributed by atoms with Gasteiger partial charge in [-0.1, -0.05) is 0 Å². The third-order valence-corrected chi connectivity index (χ3v) is 4.75. The molecule has 1 aromatic carbocycles. The van der Waals surface area contributed by atoms with Crippen LogP contribution >= 0.6 is 11.3 Å². The minimum atomic E-state index is -0.135. The SMILES string of the molecule is Cc1ccc(-c2nc(-c3cc(C)c4c(c3)NC(=O)CO4)cs2)cn1. The minimum Gasteiger partial charge on any atom is -0.481 e. The zero-order valence-electron chi connectivity index (χ0n) is 13.3. The second-order valence-corrected chi connectivity index (χ2v) is 6.59. The van der Waals surface area contributed by atoms with Crippen molar-refractivity contribution >= 4 is 22.9 Å². The van der Waals surface area contributed by atoms with Crippen LogP contribution in [-0.4, -0.2) is 22.5 Å². The van der Waals surface area contributed by atoms with E-state index in [-0.39, 0.29) is 12.5 Å². The van der Waals surface area contributed by atoms with E-state index in [1.807, 2.05) is 49.7 Å². The number of amides is 1. The summed E-state index contributed by atoms with van der Waals surface area (Å²) in [6, 6.07) is 7.94. The summed E-state index contributed by atoms with van der Waals surface area (Å²) in [6.07, 6.45) is 1.84. The fourth-order valence-corrected chi connectivity index (χ4v) is 3.48. The summed E-state index contributed by atoms with van der Waals surface area (Å²) in [5.74, 6) is 0.597. The number of carbonyl (C=O) groups is 1. The number of ether oxygens (including phenoxy) is 1. The Morgan fingerprint density at radius 1 is 1.21 bits per heavy atom. The van der Waals surface area contributed by atoms with E-state index >= 15 is 0 Å². The molecule has 0 fully saturated rings. The quantitative estimate of drug-likeness (QED) is 0.772. The second-order valence-electron chi connectivity index (χ2n) is 5.73. The highest BCUT2D eigenvalue weighted by molar-refractivity contribution is 7.13. The van der Waals surface area contributed by atoms with Crippen LogP contribution in [0.5, 0.6) is 5.75 Å². The molecule has 24 heavy (non-hydrogen) atoms. The molecule has 3 aromatic rings. The van der Waals surface area contributed by atoms with Crippen LogP contribution in [0.15, 0.2) is 35.8 Å². The van der Waals surface area contributed by atoms with Crippen molar-refractivity contribution in [2.45, 2.75) is 13.8 Å². The molecule has 1 aliphatic heterocycles. The standard InChI is InChI=1S/C18H15N3O2S/c1-10-5-13(6-14-17(10)23-8-16(22)20-14)15-9-24-18(21-15)12-4-3-11(2)19-7-12/h3-7,9H,8H2,1-2H3,(H,20,22). The van der Waals surface area contributed by atoms with E-state index in [0.717, 1.165) is 38.8 Å². The van der Waals surface area contributed by atoms with Crippen molar-refractivity contribution in [1.29, 1.82) is 0 Å². The van der Waals surface area contributed by atoms with Gasteiger partial charge in [-0.05, 0) is 43.7 Å². The highest BCUT2D eigenvalue weighted by atomic mass is 32.1. The average Bonchev–Trinajstić information content (AvgIpc) is 3.05. The zero-order chi connectivity index (χ0) is 16.7. The summed E-state index contributed by atoms with van der Waals surface area (Å²) < 4.78 is 5.50. The zero-order valence-corrected chi connectivity index (χ0v) is 14.1. The Labute approximate surface area is 143 Å². The maximum atomic E-state index is 11.5. The van der Waals surface area contributed by atoms with E-state index in [9.17, 15) is 4.79 Å². The number of pyridine rings is 1. The minimum absolute atomic E-state index is 0.0639. The van der Waals surface area contributed by atoms with Crippen molar-refractivity contribution in [3.63, 3.8) is 0 Å². The Bertz CT molecular complexity index is 932. The highest BCUT2D eigenvalue weighted by Crippen LogP contribution is 2.37. The maximum Gasteiger partial charge on any atom is 0.262 e. The molecule has 6 heteroatoms. The van der Waals surface area contributed by atoms with Crippen LogP contribution in [-0.2, 0) is 4.79 Å². The van der Waals surface area contributed by atoms with Gasteiger partial charge in [0.1, 0.15) is 10.8 Å². The Morgan fingerprint density at radius 2 is 2.08 bits per heavy atom. The number of fused-ring (bicyclic) bond motifs is 1. The molecule has 0 radical (unpaired) electrons. The number of hydrogen-bond donors (Lipinski definition) is 1. The van der Waals surface area contributed by atoms with Gasteiger partial charge in [0, 0.05) is 28.4 Å². The summed E-state index contributed by atoms with van der Waals surface area (Å²) in [7, 11) is 0. The Hall–Kier alpha value is -2.73. The Morgan fingerprint density at radius 3 is 2.88 bits per heavy atom. The number of nitrogens with zero attached hydrogens (tertiary/aromatic N) is 2. The van der Waals surface area contributed by atoms with E-state index < -0.39 is 0 Å². The van der Waals surface area contributed by atoms with Crippen LogP contribution in [0.4, 0.5) is 5.69 Å². The van der Waals surface area contributed by atoms with Crippen LogP contribution in [0.25, 0.3) is 21.8 Å². The number of thiazole rings is 1. The topological polar surface area (TPSA) is 64.1 Å². The molecule has 0 saturated heterocycles. The summed E-state index contributed by atoms with van der Waals surface area (Å²) in [5, 5.41) is 5.80. The lowest BCUT2D eigenvalue weighted by Crippen LogP contribution is -2.25. The summed E-state index contributed by atoms with van der Waals surface area (Å²) in [5.41, 5.74) is 5.50. The van der Waals surface area contributed by atoms with Gasteiger partial charge in [-0.2, -0.15) is 0 Å². The van der Waals surface area contributed by atoms with Crippen molar-refractivity contribution in [3.05, 3.63) is 47.1 Å². The lowest BCUT2D eigenvalue weighted by Gasteiger charge is -2.20. The van der Waals surface area contributed by atoms with Gasteiger partial charge in [0.15, 0.2) is 6.61 Å². The predicted octanol–water partition coefficient (Wildman–Crippen LogP) is 3.82. The largest absolute Gasteiger partial charge is 0.481 e. The van der Waals surface area contributed by atoms with Gasteiger partial charge in [-0.25, -0.2) is 4.98 Å². The van der Waals surface area contributed by atoms with Gasteiger partial charge < -0.3 is 10.1 Å². The molecule has 0 bridgehead atoms. The molecule has 5 nitrogen and oxygen atoms in total. The van der Waals surface area contributed by atoms with Gasteiger partial charge in [-0.15, -0.1) is 11.3 Å². The van der Waals surface area contributed by atoms with Crippen molar-refractivity contribution in [2.75, 3.05) is 11.9 Å². The van der Waals surface area contributed by atoms with E-state index in [1.165, 1.54) is 0 Å². The first-order chi connectivity index (χ1) is 11.6. The molecule has 0 atom stereocenters. The number of anilines is 1. The number of aryl methyl sites for hydroxylation is 2. The normalized spacial score (nSPS) is 13.2. The first kappa shape index (κ1) is 14.8. The third-order valence-electron chi connectivity index (χ3n) is 3.85. The number of hydrogen-bond acceptors (Lipinski definition) is 5. The van der Waals surface area contributed by atoms with Gasteiger partial charge >= 0.3 is 0 Å². The van der Waals surface area contributed by atoms with E-state index in [4.69, 9.17) is 9.72 Å². The van der Waals surface area contributed by atoms with Crippen LogP contribution in [0.2, 0.25) is 0 Å². The van der Waals surface area contributed by atoms with Gasteiger partial charge in [0.25, 0.3) is 5.91 Å². The third kappa shape index (κ3) is 2.65. The van der Waals surface area contributed by atoms with Crippen LogP contribution in [0.3, 0.4) is 0 Å². The molecule has 1 amide bonds. The molecule has 3 heterocycles. The summed E-state index contributed by atoms with van der Waals surface area (Å²) >= 11 is 1.58. The van der Waals surface area contributed by atoms with Gasteiger partial charge in [-0.3, -0.25) is 9.78 Å². The number of aromatic nitrogens is 2. The average molecular weight is 337 g/mol. The van der Waals surface area contributed by atoms with Crippen LogP contribution in [0, 0.1) is 13.8 Å². The first-order valence-corrected chi connectivity index (χ1v) is 8.44. The number of rotatable bonds is 2. The molecule has 1 aliphatic rings. The van der Waals surface area contributed by atoms with Crippen molar-refractivity contribution in [2.24, 2.45) is 0 Å². The smallest absolute Gasteiger partial charge is 0.262 e. The van der Waals surface area contributed by atoms with E-state index in [2.05, 4.69) is 10.3 Å². The Balaban J connectivity index is 1.72. The van der Waals surface area contributed by atoms with Gasteiger partial charge in [0.2, 0.25) is 0 Å². The number of carbonyl (C=O) groups excluding carboxylic acids is 1.